The zero-order valence-electron chi connectivity index (χ0n) is 6.05. The molecule has 62 valence electrons. The highest BCUT2D eigenvalue weighted by Crippen LogP contribution is 1.63. The first-order chi connectivity index (χ1) is 5.66. The van der Waals surface area contributed by atoms with E-state index in [-0.39, 0.29) is 6.54 Å². The molecule has 0 aliphatic heterocycles. The van der Waals surface area contributed by atoms with Crippen LogP contribution in [0.15, 0.2) is 0 Å². The third-order valence-corrected chi connectivity index (χ3v) is 0.718. The van der Waals surface area contributed by atoms with E-state index in [2.05, 4.69) is 11.2 Å². The fourth-order valence-corrected chi connectivity index (χ4v) is 0.353. The molecular formula is C6H6N4O2. The zero-order valence-corrected chi connectivity index (χ0v) is 6.05. The largest absolute Gasteiger partial charge is 0.351 e. The lowest BCUT2D eigenvalue weighted by Gasteiger charge is -1.98. The highest BCUT2D eigenvalue weighted by Gasteiger charge is 1.95. The van der Waals surface area contributed by atoms with Crippen LogP contribution < -0.4 is 16.6 Å². The molecule has 0 spiro atoms. The van der Waals surface area contributed by atoms with Crippen LogP contribution in [-0.4, -0.2) is 18.4 Å². The van der Waals surface area contributed by atoms with Crippen LogP contribution in [0.5, 0.6) is 0 Å². The van der Waals surface area contributed by atoms with Gasteiger partial charge >= 0.3 is 6.03 Å². The van der Waals surface area contributed by atoms with Crippen molar-refractivity contribution in [3.05, 3.63) is 0 Å². The minimum absolute atomic E-state index is 0.183. The van der Waals surface area contributed by atoms with Gasteiger partial charge in [-0.1, -0.05) is 0 Å². The number of primary amides is 1. The van der Waals surface area contributed by atoms with E-state index in [9.17, 15) is 9.59 Å². The molecule has 0 aromatic heterocycles. The number of urea groups is 1. The highest BCUT2D eigenvalue weighted by molar-refractivity contribution is 5.97. The Morgan fingerprint density at radius 1 is 1.50 bits per heavy atom. The number of carbonyl (C=O) groups is 2. The fourth-order valence-electron chi connectivity index (χ4n) is 0.353. The monoisotopic (exact) mass is 166 g/mol. The summed E-state index contributed by atoms with van der Waals surface area (Å²) >= 11 is 0. The van der Waals surface area contributed by atoms with Crippen molar-refractivity contribution < 1.29 is 9.59 Å². The molecule has 0 aliphatic carbocycles. The van der Waals surface area contributed by atoms with Gasteiger partial charge in [0.15, 0.2) is 6.07 Å². The van der Waals surface area contributed by atoms with Crippen molar-refractivity contribution in [2.24, 2.45) is 5.73 Å². The van der Waals surface area contributed by atoms with E-state index in [0.29, 0.717) is 0 Å². The molecule has 6 nitrogen and oxygen atoms in total. The topological polar surface area (TPSA) is 108 Å². The minimum Gasteiger partial charge on any atom is -0.351 e. The third kappa shape index (κ3) is 6.08. The summed E-state index contributed by atoms with van der Waals surface area (Å²) in [6.07, 6.45) is 0. The van der Waals surface area contributed by atoms with Gasteiger partial charge in [0, 0.05) is 5.92 Å². The lowest BCUT2D eigenvalue weighted by molar-refractivity contribution is -0.113. The molecule has 0 aromatic rings. The van der Waals surface area contributed by atoms with Gasteiger partial charge in [-0.3, -0.25) is 10.2 Å². The summed E-state index contributed by atoms with van der Waals surface area (Å²) < 4.78 is 0. The number of hydrogen-bond acceptors (Lipinski definition) is 4. The molecule has 4 N–H and O–H groups in total. The van der Waals surface area contributed by atoms with E-state index < -0.39 is 11.8 Å². The summed E-state index contributed by atoms with van der Waals surface area (Å²) in [5.41, 5.74) is 8.84. The molecule has 0 saturated heterocycles. The first-order valence-electron chi connectivity index (χ1n) is 2.88. The molecule has 6 heteroatoms. The first-order valence-corrected chi connectivity index (χ1v) is 2.88. The molecule has 0 aliphatic rings. The highest BCUT2D eigenvalue weighted by atomic mass is 16.2. The molecule has 0 bridgehead atoms. The Balaban J connectivity index is 3.60. The summed E-state index contributed by atoms with van der Waals surface area (Å²) in [6, 6.07) is 0.681. The lowest BCUT2D eigenvalue weighted by atomic mass is 10.4. The number of amides is 2. The molecule has 0 rings (SSSR count). The molecule has 0 aromatic carbocycles. The quantitative estimate of drug-likeness (QED) is 0.262. The number of hydrogen-bond donors (Lipinski definition) is 3. The van der Waals surface area contributed by atoms with Gasteiger partial charge in [-0.2, -0.15) is 5.26 Å². The Bertz CT molecular complexity index is 280. The molecule has 0 radical (unpaired) electrons. The second kappa shape index (κ2) is 5.71. The maximum atomic E-state index is 10.6. The maximum Gasteiger partial charge on any atom is 0.326 e. The molecule has 0 fully saturated rings. The van der Waals surface area contributed by atoms with Crippen LogP contribution in [-0.2, 0) is 4.79 Å². The summed E-state index contributed by atoms with van der Waals surface area (Å²) in [5.74, 6) is 3.40. The molecule has 2 amide bonds. The van der Waals surface area contributed by atoms with E-state index in [1.54, 1.807) is 0 Å². The number of rotatable bonds is 3. The SMILES string of the molecule is N#CC#CC(=O)CNNC(N)=O. The molecular weight excluding hydrogens is 160 g/mol. The Kier molecular flexibility index (Phi) is 4.74. The Labute approximate surface area is 68.7 Å². The summed E-state index contributed by atoms with van der Waals surface area (Å²) in [7, 11) is 0. The third-order valence-electron chi connectivity index (χ3n) is 0.718. The number of nitriles is 1. The average molecular weight is 166 g/mol. The molecule has 0 heterocycles. The van der Waals surface area contributed by atoms with Crippen LogP contribution in [0.2, 0.25) is 0 Å². The molecule has 12 heavy (non-hydrogen) atoms. The van der Waals surface area contributed by atoms with E-state index >= 15 is 0 Å². The second-order valence-electron chi connectivity index (χ2n) is 1.63. The summed E-state index contributed by atoms with van der Waals surface area (Å²) in [6.45, 7) is -0.183. The fraction of sp³-hybridized carbons (Fsp3) is 0.167. The summed E-state index contributed by atoms with van der Waals surface area (Å²) in [4.78, 5) is 20.6. The van der Waals surface area contributed by atoms with Crippen molar-refractivity contribution in [2.45, 2.75) is 0 Å². The van der Waals surface area contributed by atoms with Crippen LogP contribution in [0, 0.1) is 23.2 Å². The zero-order chi connectivity index (χ0) is 9.40. The predicted molar refractivity (Wildman–Crippen MR) is 39.1 cm³/mol. The van der Waals surface area contributed by atoms with Crippen LogP contribution in [0.25, 0.3) is 0 Å². The van der Waals surface area contributed by atoms with Gasteiger partial charge in [0.2, 0.25) is 5.78 Å². The van der Waals surface area contributed by atoms with Gasteiger partial charge in [-0.05, 0) is 5.92 Å². The normalized spacial score (nSPS) is 7.25. The van der Waals surface area contributed by atoms with Gasteiger partial charge < -0.3 is 5.73 Å². The van der Waals surface area contributed by atoms with Crippen molar-refractivity contribution in [3.63, 3.8) is 0 Å². The lowest BCUT2D eigenvalue weighted by Crippen LogP contribution is -2.43. The van der Waals surface area contributed by atoms with Crippen LogP contribution in [0.3, 0.4) is 0 Å². The Morgan fingerprint density at radius 3 is 2.67 bits per heavy atom. The smallest absolute Gasteiger partial charge is 0.326 e. The van der Waals surface area contributed by atoms with Gasteiger partial charge in [-0.25, -0.2) is 10.2 Å². The Morgan fingerprint density at radius 2 is 2.17 bits per heavy atom. The van der Waals surface area contributed by atoms with Crippen LogP contribution in [0.4, 0.5) is 4.79 Å². The number of nitrogens with two attached hydrogens (primary N) is 1. The van der Waals surface area contributed by atoms with E-state index in [0.717, 1.165) is 0 Å². The Hall–Kier alpha value is -2.05. The number of carbonyl (C=O) groups excluding carboxylic acids is 2. The maximum absolute atomic E-state index is 10.6. The van der Waals surface area contributed by atoms with Gasteiger partial charge in [-0.15, -0.1) is 0 Å². The van der Waals surface area contributed by atoms with Crippen molar-refractivity contribution >= 4 is 11.8 Å². The first kappa shape index (κ1) is 9.95. The number of Topliss-reactive ketones (excluding diaryl/α,β-unsaturated/α-hetero) is 1. The van der Waals surface area contributed by atoms with E-state index in [1.807, 2.05) is 17.3 Å². The van der Waals surface area contributed by atoms with Crippen molar-refractivity contribution in [1.29, 1.82) is 5.26 Å². The average Bonchev–Trinajstić information content (AvgIpc) is 2.00. The number of hydrazine groups is 1. The number of nitrogens with one attached hydrogen (secondary N) is 2. The minimum atomic E-state index is -0.795. The standard InChI is InChI=1S/C6H6N4O2/c7-3-1-2-5(11)4-9-10-6(8)12/h9H,4H2,(H3,8,10,12). The van der Waals surface area contributed by atoms with Gasteiger partial charge in [0.1, 0.15) is 0 Å². The molecule has 0 saturated carbocycles. The predicted octanol–water partition coefficient (Wildman–Crippen LogP) is -1.74. The van der Waals surface area contributed by atoms with Crippen LogP contribution >= 0.6 is 0 Å². The molecule has 0 unspecified atom stereocenters. The van der Waals surface area contributed by atoms with Crippen molar-refractivity contribution in [3.8, 4) is 17.9 Å². The number of ketones is 1. The second-order valence-corrected chi connectivity index (χ2v) is 1.63. The number of nitrogens with zero attached hydrogens (tertiary/aromatic N) is 1. The van der Waals surface area contributed by atoms with Crippen molar-refractivity contribution in [1.82, 2.24) is 10.9 Å². The summed E-state index contributed by atoms with van der Waals surface area (Å²) in [5, 5.41) is 7.94. The van der Waals surface area contributed by atoms with Gasteiger partial charge in [0.05, 0.1) is 6.54 Å². The van der Waals surface area contributed by atoms with Crippen molar-refractivity contribution in [2.75, 3.05) is 6.54 Å². The van der Waals surface area contributed by atoms with E-state index in [4.69, 9.17) is 5.26 Å². The van der Waals surface area contributed by atoms with E-state index in [1.165, 1.54) is 6.07 Å². The van der Waals surface area contributed by atoms with Gasteiger partial charge in [0.25, 0.3) is 0 Å². The van der Waals surface area contributed by atoms with Crippen LogP contribution in [0.1, 0.15) is 0 Å². The molecule has 0 atom stereocenters.